The van der Waals surface area contributed by atoms with Crippen molar-refractivity contribution in [1.82, 2.24) is 5.32 Å². The van der Waals surface area contributed by atoms with Crippen LogP contribution >= 0.6 is 28.3 Å². The number of benzene rings is 1. The number of nitrogens with two attached hydrogens (primary N) is 1. The van der Waals surface area contributed by atoms with E-state index in [-0.39, 0.29) is 30.0 Å². The van der Waals surface area contributed by atoms with Crippen molar-refractivity contribution >= 4 is 34.2 Å². The first-order valence-electron chi connectivity index (χ1n) is 5.42. The monoisotopic (exact) mass is 336 g/mol. The van der Waals surface area contributed by atoms with Gasteiger partial charge in [-0.05, 0) is 39.5 Å². The van der Waals surface area contributed by atoms with E-state index in [1.165, 1.54) is 0 Å². The molecule has 102 valence electrons. The van der Waals surface area contributed by atoms with Gasteiger partial charge in [-0.2, -0.15) is 0 Å². The van der Waals surface area contributed by atoms with Crippen LogP contribution in [0.2, 0.25) is 0 Å². The van der Waals surface area contributed by atoms with Gasteiger partial charge in [-0.15, -0.1) is 12.4 Å². The normalized spacial score (nSPS) is 11.8. The number of hydrogen-bond donors (Lipinski definition) is 3. The summed E-state index contributed by atoms with van der Waals surface area (Å²) in [6.07, 6.45) is 0. The molecule has 0 aliphatic rings. The third kappa shape index (κ3) is 4.84. The zero-order chi connectivity index (χ0) is 13.0. The number of carbonyl (C=O) groups is 1. The highest BCUT2D eigenvalue weighted by Crippen LogP contribution is 2.24. The van der Waals surface area contributed by atoms with Crippen LogP contribution in [0.3, 0.4) is 0 Å². The van der Waals surface area contributed by atoms with Gasteiger partial charge in [0, 0.05) is 6.54 Å². The van der Waals surface area contributed by atoms with E-state index < -0.39 is 6.04 Å². The minimum absolute atomic E-state index is 0. The average molecular weight is 338 g/mol. The lowest BCUT2D eigenvalue weighted by molar-refractivity contribution is -0.123. The van der Waals surface area contributed by atoms with Gasteiger partial charge in [0.2, 0.25) is 5.91 Å². The first-order valence-corrected chi connectivity index (χ1v) is 6.21. The third-order valence-electron chi connectivity index (χ3n) is 2.50. The molecule has 0 saturated heterocycles. The van der Waals surface area contributed by atoms with Crippen molar-refractivity contribution in [3.05, 3.63) is 28.2 Å². The number of halogens is 2. The van der Waals surface area contributed by atoms with Gasteiger partial charge in [0.15, 0.2) is 0 Å². The van der Waals surface area contributed by atoms with E-state index >= 15 is 0 Å². The van der Waals surface area contributed by atoms with Crippen LogP contribution in [0, 0.1) is 5.92 Å². The molecule has 0 bridgehead atoms. The Morgan fingerprint density at radius 2 is 2.11 bits per heavy atom. The number of phenolic OH excluding ortho intramolecular Hbond substituents is 1. The predicted octanol–water partition coefficient (Wildman–Crippen LogP) is 2.18. The minimum Gasteiger partial charge on any atom is -0.507 e. The van der Waals surface area contributed by atoms with Crippen LogP contribution in [0.15, 0.2) is 22.7 Å². The molecule has 0 aliphatic heterocycles. The molecule has 0 unspecified atom stereocenters. The molecule has 0 saturated carbocycles. The quantitative estimate of drug-likeness (QED) is 0.788. The molecule has 1 rings (SSSR count). The fourth-order valence-corrected chi connectivity index (χ4v) is 1.70. The van der Waals surface area contributed by atoms with E-state index in [0.717, 1.165) is 5.56 Å². The predicted molar refractivity (Wildman–Crippen MR) is 77.7 cm³/mol. The molecule has 1 atom stereocenters. The van der Waals surface area contributed by atoms with Gasteiger partial charge in [0.1, 0.15) is 5.75 Å². The Kier molecular flexibility index (Phi) is 7.28. The molecule has 18 heavy (non-hydrogen) atoms. The molecule has 4 nitrogen and oxygen atoms in total. The van der Waals surface area contributed by atoms with Crippen LogP contribution in [-0.4, -0.2) is 17.1 Å². The first-order chi connectivity index (χ1) is 7.91. The van der Waals surface area contributed by atoms with E-state index in [0.29, 0.717) is 11.0 Å². The van der Waals surface area contributed by atoms with Gasteiger partial charge in [-0.3, -0.25) is 4.79 Å². The Morgan fingerprint density at radius 1 is 1.50 bits per heavy atom. The van der Waals surface area contributed by atoms with Crippen molar-refractivity contribution in [1.29, 1.82) is 0 Å². The van der Waals surface area contributed by atoms with Crippen LogP contribution in [-0.2, 0) is 11.3 Å². The maximum atomic E-state index is 11.6. The van der Waals surface area contributed by atoms with Gasteiger partial charge in [0.05, 0.1) is 10.5 Å². The number of aromatic hydroxyl groups is 1. The van der Waals surface area contributed by atoms with E-state index in [4.69, 9.17) is 5.73 Å². The van der Waals surface area contributed by atoms with E-state index in [1.807, 2.05) is 13.8 Å². The molecule has 0 aliphatic carbocycles. The van der Waals surface area contributed by atoms with Gasteiger partial charge >= 0.3 is 0 Å². The van der Waals surface area contributed by atoms with Gasteiger partial charge in [0.25, 0.3) is 0 Å². The van der Waals surface area contributed by atoms with Crippen LogP contribution in [0.1, 0.15) is 19.4 Å². The van der Waals surface area contributed by atoms with Gasteiger partial charge in [-0.25, -0.2) is 0 Å². The highest BCUT2D eigenvalue weighted by Gasteiger charge is 2.16. The summed E-state index contributed by atoms with van der Waals surface area (Å²) in [5.74, 6) is 0.129. The Morgan fingerprint density at radius 3 is 2.61 bits per heavy atom. The van der Waals surface area contributed by atoms with Crippen molar-refractivity contribution in [3.63, 3.8) is 0 Å². The van der Waals surface area contributed by atoms with Crippen LogP contribution in [0.5, 0.6) is 5.75 Å². The highest BCUT2D eigenvalue weighted by molar-refractivity contribution is 9.10. The largest absolute Gasteiger partial charge is 0.507 e. The van der Waals surface area contributed by atoms with Gasteiger partial charge in [-0.1, -0.05) is 19.9 Å². The van der Waals surface area contributed by atoms with Crippen molar-refractivity contribution in [2.24, 2.45) is 11.7 Å². The second-order valence-corrected chi connectivity index (χ2v) is 5.13. The van der Waals surface area contributed by atoms with Crippen molar-refractivity contribution < 1.29 is 9.90 Å². The molecule has 6 heteroatoms. The third-order valence-corrected chi connectivity index (χ3v) is 3.13. The number of carbonyl (C=O) groups excluding carboxylic acids is 1. The summed E-state index contributed by atoms with van der Waals surface area (Å²) in [5, 5.41) is 12.1. The maximum Gasteiger partial charge on any atom is 0.237 e. The Hall–Kier alpha value is -0.780. The summed E-state index contributed by atoms with van der Waals surface area (Å²) in [5.41, 5.74) is 6.62. The summed E-state index contributed by atoms with van der Waals surface area (Å²) < 4.78 is 0.609. The number of phenols is 1. The molecular formula is C12H18BrClN2O2. The number of rotatable bonds is 4. The van der Waals surface area contributed by atoms with Crippen LogP contribution in [0.4, 0.5) is 0 Å². The highest BCUT2D eigenvalue weighted by atomic mass is 79.9. The molecular weight excluding hydrogens is 320 g/mol. The fraction of sp³-hybridized carbons (Fsp3) is 0.417. The lowest BCUT2D eigenvalue weighted by atomic mass is 10.0. The number of amides is 1. The van der Waals surface area contributed by atoms with E-state index in [1.54, 1.807) is 18.2 Å². The SMILES string of the molecule is CC(C)[C@H](N)C(=O)NCc1ccc(O)c(Br)c1.Cl. The summed E-state index contributed by atoms with van der Waals surface area (Å²) in [6, 6.07) is 4.60. The molecule has 4 N–H and O–H groups in total. The van der Waals surface area contributed by atoms with Crippen molar-refractivity contribution in [2.75, 3.05) is 0 Å². The molecule has 0 radical (unpaired) electrons. The fourth-order valence-electron chi connectivity index (χ4n) is 1.27. The zero-order valence-corrected chi connectivity index (χ0v) is 12.7. The summed E-state index contributed by atoms with van der Waals surface area (Å²) >= 11 is 3.22. The lowest BCUT2D eigenvalue weighted by Gasteiger charge is -2.15. The average Bonchev–Trinajstić information content (AvgIpc) is 2.29. The van der Waals surface area contributed by atoms with E-state index in [9.17, 15) is 9.90 Å². The number of hydrogen-bond acceptors (Lipinski definition) is 3. The molecule has 1 aromatic rings. The minimum atomic E-state index is -0.490. The second-order valence-electron chi connectivity index (χ2n) is 4.27. The Bertz CT molecular complexity index is 413. The maximum absolute atomic E-state index is 11.6. The molecule has 0 heterocycles. The topological polar surface area (TPSA) is 75.4 Å². The Labute approximate surface area is 121 Å². The molecule has 0 fully saturated rings. The molecule has 1 aromatic carbocycles. The summed E-state index contributed by atoms with van der Waals surface area (Å²) in [7, 11) is 0. The lowest BCUT2D eigenvalue weighted by Crippen LogP contribution is -2.43. The van der Waals surface area contributed by atoms with Crippen LogP contribution in [0.25, 0.3) is 0 Å². The molecule has 1 amide bonds. The standard InChI is InChI=1S/C12H17BrN2O2.ClH/c1-7(2)11(14)12(17)15-6-8-3-4-10(16)9(13)5-8;/h3-5,7,11,16H,6,14H2,1-2H3,(H,15,17);1H/t11-;/m0./s1. The van der Waals surface area contributed by atoms with Crippen molar-refractivity contribution in [3.8, 4) is 5.75 Å². The smallest absolute Gasteiger partial charge is 0.237 e. The summed E-state index contributed by atoms with van der Waals surface area (Å²) in [6.45, 7) is 4.21. The Balaban J connectivity index is 0.00000289. The summed E-state index contributed by atoms with van der Waals surface area (Å²) in [4.78, 5) is 11.6. The van der Waals surface area contributed by atoms with Gasteiger partial charge < -0.3 is 16.2 Å². The molecule has 0 spiro atoms. The second kappa shape index (κ2) is 7.61. The zero-order valence-electron chi connectivity index (χ0n) is 10.3. The first kappa shape index (κ1) is 17.2. The van der Waals surface area contributed by atoms with E-state index in [2.05, 4.69) is 21.2 Å². The molecule has 0 aromatic heterocycles. The van der Waals surface area contributed by atoms with Crippen molar-refractivity contribution in [2.45, 2.75) is 26.4 Å². The number of nitrogens with one attached hydrogen (secondary N) is 1. The van der Waals surface area contributed by atoms with Crippen LogP contribution < -0.4 is 11.1 Å².